The Hall–Kier alpha value is -1.43. The van der Waals surface area contributed by atoms with Gasteiger partial charge in [0.1, 0.15) is 6.61 Å². The summed E-state index contributed by atoms with van der Waals surface area (Å²) in [4.78, 5) is 0. The van der Waals surface area contributed by atoms with Gasteiger partial charge < -0.3 is 14.8 Å². The number of alkyl halides is 3. The minimum absolute atomic E-state index is 0.0930. The lowest BCUT2D eigenvalue weighted by Gasteiger charge is -2.14. The van der Waals surface area contributed by atoms with Crippen molar-refractivity contribution in [3.63, 3.8) is 0 Å². The molecule has 3 nitrogen and oxygen atoms in total. The first-order chi connectivity index (χ1) is 9.38. The van der Waals surface area contributed by atoms with Crippen LogP contribution in [0.15, 0.2) is 24.3 Å². The zero-order valence-electron chi connectivity index (χ0n) is 11.7. The normalized spacial score (nSPS) is 11.7. The van der Waals surface area contributed by atoms with Crippen molar-refractivity contribution in [3.8, 4) is 11.5 Å². The van der Waals surface area contributed by atoms with Gasteiger partial charge in [-0.25, -0.2) is 0 Å². The third-order valence-corrected chi connectivity index (χ3v) is 2.51. The molecule has 114 valence electrons. The Bertz CT molecular complexity index is 394. The van der Waals surface area contributed by atoms with Crippen LogP contribution in [0.4, 0.5) is 13.2 Å². The molecule has 0 bridgehead atoms. The van der Waals surface area contributed by atoms with Crippen LogP contribution in [0.25, 0.3) is 0 Å². The molecule has 0 unspecified atom stereocenters. The van der Waals surface area contributed by atoms with Gasteiger partial charge in [0.25, 0.3) is 0 Å². The second kappa shape index (κ2) is 7.99. The van der Waals surface area contributed by atoms with Gasteiger partial charge >= 0.3 is 6.36 Å². The van der Waals surface area contributed by atoms with Gasteiger partial charge in [0.15, 0.2) is 11.5 Å². The van der Waals surface area contributed by atoms with Crippen molar-refractivity contribution < 1.29 is 22.6 Å². The second-order valence-electron chi connectivity index (χ2n) is 4.78. The SMILES string of the molecule is CC(C)CCNCCOc1ccccc1OC(F)(F)F. The van der Waals surface area contributed by atoms with E-state index >= 15 is 0 Å². The number of benzene rings is 1. The largest absolute Gasteiger partial charge is 0.573 e. The number of rotatable bonds is 8. The van der Waals surface area contributed by atoms with E-state index in [1.54, 1.807) is 6.07 Å². The Kier molecular flexibility index (Phi) is 6.64. The Morgan fingerprint density at radius 2 is 1.75 bits per heavy atom. The maximum absolute atomic E-state index is 12.2. The van der Waals surface area contributed by atoms with Crippen LogP contribution in [0.1, 0.15) is 20.3 Å². The van der Waals surface area contributed by atoms with Crippen molar-refractivity contribution >= 4 is 0 Å². The van der Waals surface area contributed by atoms with Crippen LogP contribution in [0.2, 0.25) is 0 Å². The van der Waals surface area contributed by atoms with Crippen molar-refractivity contribution in [2.75, 3.05) is 19.7 Å². The number of halogens is 3. The maximum atomic E-state index is 12.2. The predicted octanol–water partition coefficient (Wildman–Crippen LogP) is 3.60. The van der Waals surface area contributed by atoms with Crippen molar-refractivity contribution in [1.82, 2.24) is 5.32 Å². The van der Waals surface area contributed by atoms with E-state index in [4.69, 9.17) is 4.74 Å². The van der Waals surface area contributed by atoms with Crippen LogP contribution in [0.5, 0.6) is 11.5 Å². The monoisotopic (exact) mass is 291 g/mol. The summed E-state index contributed by atoms with van der Waals surface area (Å²) in [7, 11) is 0. The Labute approximate surface area is 117 Å². The van der Waals surface area contributed by atoms with E-state index in [9.17, 15) is 13.2 Å². The maximum Gasteiger partial charge on any atom is 0.573 e. The first-order valence-electron chi connectivity index (χ1n) is 6.57. The molecule has 0 aliphatic carbocycles. The number of para-hydroxylation sites is 2. The van der Waals surface area contributed by atoms with Crippen LogP contribution in [-0.4, -0.2) is 26.1 Å². The molecule has 0 aliphatic rings. The molecule has 0 atom stereocenters. The van der Waals surface area contributed by atoms with Gasteiger partial charge in [-0.3, -0.25) is 0 Å². The molecule has 20 heavy (non-hydrogen) atoms. The van der Waals surface area contributed by atoms with Crippen LogP contribution in [0.3, 0.4) is 0 Å². The molecule has 0 heterocycles. The third-order valence-electron chi connectivity index (χ3n) is 2.51. The average molecular weight is 291 g/mol. The summed E-state index contributed by atoms with van der Waals surface area (Å²) in [6.07, 6.45) is -3.66. The summed E-state index contributed by atoms with van der Waals surface area (Å²) in [5, 5.41) is 3.17. The zero-order valence-corrected chi connectivity index (χ0v) is 11.7. The van der Waals surface area contributed by atoms with Crippen molar-refractivity contribution in [2.45, 2.75) is 26.6 Å². The molecule has 1 rings (SSSR count). The molecule has 0 saturated heterocycles. The summed E-state index contributed by atoms with van der Waals surface area (Å²) < 4.78 is 45.8. The molecule has 0 spiro atoms. The molecule has 6 heteroatoms. The smallest absolute Gasteiger partial charge is 0.488 e. The van der Waals surface area contributed by atoms with Gasteiger partial charge in [0, 0.05) is 6.54 Å². The number of ether oxygens (including phenoxy) is 2. The van der Waals surface area contributed by atoms with E-state index in [2.05, 4.69) is 23.9 Å². The fourth-order valence-corrected chi connectivity index (χ4v) is 1.53. The van der Waals surface area contributed by atoms with E-state index in [0.29, 0.717) is 12.5 Å². The summed E-state index contributed by atoms with van der Waals surface area (Å²) in [6, 6.07) is 5.75. The summed E-state index contributed by atoms with van der Waals surface area (Å²) >= 11 is 0. The molecule has 0 aromatic heterocycles. The van der Waals surface area contributed by atoms with Gasteiger partial charge in [-0.05, 0) is 31.0 Å². The molecule has 1 aromatic rings. The summed E-state index contributed by atoms with van der Waals surface area (Å²) in [5.41, 5.74) is 0. The number of nitrogens with one attached hydrogen (secondary N) is 1. The first kappa shape index (κ1) is 16.6. The van der Waals surface area contributed by atoms with Crippen LogP contribution < -0.4 is 14.8 Å². The molecule has 0 aliphatic heterocycles. The van der Waals surface area contributed by atoms with Gasteiger partial charge in [0.2, 0.25) is 0 Å². The van der Waals surface area contributed by atoms with Crippen molar-refractivity contribution in [3.05, 3.63) is 24.3 Å². The van der Waals surface area contributed by atoms with E-state index in [-0.39, 0.29) is 18.1 Å². The Morgan fingerprint density at radius 3 is 2.35 bits per heavy atom. The Balaban J connectivity index is 2.36. The molecule has 1 N–H and O–H groups in total. The highest BCUT2D eigenvalue weighted by Crippen LogP contribution is 2.31. The lowest BCUT2D eigenvalue weighted by Crippen LogP contribution is -2.23. The zero-order chi connectivity index (χ0) is 15.0. The van der Waals surface area contributed by atoms with E-state index in [1.165, 1.54) is 18.2 Å². The average Bonchev–Trinajstić information content (AvgIpc) is 2.33. The molecule has 1 aromatic carbocycles. The van der Waals surface area contributed by atoms with E-state index < -0.39 is 6.36 Å². The quantitative estimate of drug-likeness (QED) is 0.742. The minimum atomic E-state index is -4.71. The lowest BCUT2D eigenvalue weighted by atomic mass is 10.1. The molecule has 0 radical (unpaired) electrons. The number of hydrogen-bond acceptors (Lipinski definition) is 3. The fraction of sp³-hybridized carbons (Fsp3) is 0.571. The molecule has 0 fully saturated rings. The highest BCUT2D eigenvalue weighted by Gasteiger charge is 2.32. The highest BCUT2D eigenvalue weighted by molar-refractivity contribution is 5.39. The van der Waals surface area contributed by atoms with Crippen LogP contribution in [0, 0.1) is 5.92 Å². The molecule has 0 amide bonds. The summed E-state index contributed by atoms with van der Waals surface area (Å²) in [5.74, 6) is 0.391. The van der Waals surface area contributed by atoms with Gasteiger partial charge in [0.05, 0.1) is 0 Å². The fourth-order valence-electron chi connectivity index (χ4n) is 1.53. The third kappa shape index (κ3) is 7.23. The molecular weight excluding hydrogens is 271 g/mol. The highest BCUT2D eigenvalue weighted by atomic mass is 19.4. The predicted molar refractivity (Wildman–Crippen MR) is 70.9 cm³/mol. The first-order valence-corrected chi connectivity index (χ1v) is 6.57. The van der Waals surface area contributed by atoms with Crippen molar-refractivity contribution in [1.29, 1.82) is 0 Å². The standard InChI is InChI=1S/C14H20F3NO2/c1-11(2)7-8-18-9-10-19-12-5-3-4-6-13(12)20-14(15,16)17/h3-6,11,18H,7-10H2,1-2H3. The lowest BCUT2D eigenvalue weighted by molar-refractivity contribution is -0.275. The van der Waals surface area contributed by atoms with Gasteiger partial charge in [-0.15, -0.1) is 13.2 Å². The topological polar surface area (TPSA) is 30.5 Å². The second-order valence-corrected chi connectivity index (χ2v) is 4.78. The van der Waals surface area contributed by atoms with E-state index in [1.807, 2.05) is 0 Å². The molecular formula is C14H20F3NO2. The minimum Gasteiger partial charge on any atom is -0.488 e. The summed E-state index contributed by atoms with van der Waals surface area (Å²) in [6.45, 7) is 5.98. The van der Waals surface area contributed by atoms with Crippen molar-refractivity contribution in [2.24, 2.45) is 5.92 Å². The van der Waals surface area contributed by atoms with E-state index in [0.717, 1.165) is 13.0 Å². The van der Waals surface area contributed by atoms with Gasteiger partial charge in [-0.1, -0.05) is 26.0 Å². The molecule has 0 saturated carbocycles. The number of hydrogen-bond donors (Lipinski definition) is 1. The van der Waals surface area contributed by atoms with Gasteiger partial charge in [-0.2, -0.15) is 0 Å². The van der Waals surface area contributed by atoms with Crippen LogP contribution >= 0.6 is 0 Å². The van der Waals surface area contributed by atoms with Crippen LogP contribution in [-0.2, 0) is 0 Å². The Morgan fingerprint density at radius 1 is 1.10 bits per heavy atom.